The van der Waals surface area contributed by atoms with E-state index in [-0.39, 0.29) is 17.9 Å². The van der Waals surface area contributed by atoms with Crippen LogP contribution in [0.3, 0.4) is 0 Å². The zero-order valence-corrected chi connectivity index (χ0v) is 23.5. The monoisotopic (exact) mass is 561 g/mol. The lowest BCUT2D eigenvalue weighted by atomic mass is 10.0. The Kier molecular flexibility index (Phi) is 8.54. The summed E-state index contributed by atoms with van der Waals surface area (Å²) in [6, 6.07) is 12.6. The SMILES string of the molecule is COC(=O)CCCCc1cc(Cl)c(CN2CSC[C@H]2C(=O)N2CCN(C3CC3)c3ccccc32)cc1Cl. The number of thioether (sulfide) groups is 1. The number of fused-ring (bicyclic) bond motifs is 1. The lowest BCUT2D eigenvalue weighted by Gasteiger charge is -2.39. The smallest absolute Gasteiger partial charge is 0.305 e. The Bertz CT molecular complexity index is 1160. The van der Waals surface area contributed by atoms with E-state index in [0.717, 1.165) is 60.8 Å². The summed E-state index contributed by atoms with van der Waals surface area (Å²) in [6.07, 6.45) is 5.22. The summed E-state index contributed by atoms with van der Waals surface area (Å²) in [7, 11) is 1.41. The van der Waals surface area contributed by atoms with Crippen LogP contribution >= 0.6 is 35.0 Å². The third-order valence-electron chi connectivity index (χ3n) is 7.45. The van der Waals surface area contributed by atoms with Crippen molar-refractivity contribution in [2.45, 2.75) is 57.2 Å². The maximum Gasteiger partial charge on any atom is 0.305 e. The fourth-order valence-electron chi connectivity index (χ4n) is 5.27. The molecule has 0 aromatic heterocycles. The first-order chi connectivity index (χ1) is 18.0. The average Bonchev–Trinajstić information content (AvgIpc) is 3.65. The standard InChI is InChI=1S/C28H33Cl2N3O3S/c1-36-27(34)9-5-2-6-19-14-23(30)20(15-22(19)29)16-31-18-37-17-26(31)28(35)33-13-12-32(21-10-11-21)24-7-3-4-8-25(24)33/h3-4,7-8,14-15,21,26H,2,5-6,9-13,16-18H2,1H3/t26-/m0/s1. The summed E-state index contributed by atoms with van der Waals surface area (Å²) in [4.78, 5) is 31.8. The number of esters is 1. The van der Waals surface area contributed by atoms with Crippen LogP contribution in [0.5, 0.6) is 0 Å². The van der Waals surface area contributed by atoms with Gasteiger partial charge in [-0.25, -0.2) is 0 Å². The van der Waals surface area contributed by atoms with E-state index in [2.05, 4.69) is 28.0 Å². The van der Waals surface area contributed by atoms with Crippen LogP contribution in [0, 0.1) is 0 Å². The summed E-state index contributed by atoms with van der Waals surface area (Å²) in [5.74, 6) is 1.52. The number of carbonyl (C=O) groups excluding carboxylic acids is 2. The number of hydrogen-bond acceptors (Lipinski definition) is 6. The van der Waals surface area contributed by atoms with E-state index in [1.54, 1.807) is 11.8 Å². The van der Waals surface area contributed by atoms with E-state index in [0.29, 0.717) is 29.1 Å². The largest absolute Gasteiger partial charge is 0.469 e. The number of halogens is 2. The zero-order valence-electron chi connectivity index (χ0n) is 21.1. The first-order valence-electron chi connectivity index (χ1n) is 13.0. The number of anilines is 2. The molecule has 2 fully saturated rings. The van der Waals surface area contributed by atoms with Gasteiger partial charge in [0.15, 0.2) is 0 Å². The van der Waals surface area contributed by atoms with Crippen molar-refractivity contribution in [2.24, 2.45) is 0 Å². The number of carbonyl (C=O) groups is 2. The molecule has 0 unspecified atom stereocenters. The molecule has 1 saturated heterocycles. The van der Waals surface area contributed by atoms with Gasteiger partial charge in [0.05, 0.1) is 24.5 Å². The maximum atomic E-state index is 13.8. The first kappa shape index (κ1) is 26.7. The van der Waals surface area contributed by atoms with Crippen LogP contribution in [0.25, 0.3) is 0 Å². The van der Waals surface area contributed by atoms with Gasteiger partial charge in [-0.05, 0) is 67.5 Å². The minimum absolute atomic E-state index is 0.164. The fraction of sp³-hybridized carbons (Fsp3) is 0.500. The van der Waals surface area contributed by atoms with Crippen molar-refractivity contribution >= 4 is 58.2 Å². The van der Waals surface area contributed by atoms with Crippen molar-refractivity contribution in [3.8, 4) is 0 Å². The molecule has 1 atom stereocenters. The second-order valence-corrected chi connectivity index (χ2v) is 11.8. The minimum atomic E-state index is -0.196. The highest BCUT2D eigenvalue weighted by molar-refractivity contribution is 7.99. The van der Waals surface area contributed by atoms with E-state index in [9.17, 15) is 9.59 Å². The molecule has 2 aromatic rings. The normalized spacial score (nSPS) is 19.7. The van der Waals surface area contributed by atoms with E-state index in [4.69, 9.17) is 27.9 Å². The number of methoxy groups -OCH3 is 1. The molecule has 2 aromatic carbocycles. The summed E-state index contributed by atoms with van der Waals surface area (Å²) in [5, 5.41) is 1.34. The summed E-state index contributed by atoms with van der Waals surface area (Å²) in [6.45, 7) is 2.18. The second kappa shape index (κ2) is 11.9. The minimum Gasteiger partial charge on any atom is -0.469 e. The van der Waals surface area contributed by atoms with E-state index < -0.39 is 0 Å². The molecule has 0 bridgehead atoms. The average molecular weight is 563 g/mol. The molecule has 0 radical (unpaired) electrons. The van der Waals surface area contributed by atoms with Gasteiger partial charge in [0.25, 0.3) is 0 Å². The zero-order chi connectivity index (χ0) is 25.9. The molecule has 37 heavy (non-hydrogen) atoms. The van der Waals surface area contributed by atoms with Crippen molar-refractivity contribution in [3.63, 3.8) is 0 Å². The fourth-order valence-corrected chi connectivity index (χ4v) is 6.98. The number of para-hydroxylation sites is 2. The number of aryl methyl sites for hydroxylation is 1. The van der Waals surface area contributed by atoms with Gasteiger partial charge in [0.2, 0.25) is 5.91 Å². The first-order valence-corrected chi connectivity index (χ1v) is 14.9. The Morgan fingerprint density at radius 2 is 1.76 bits per heavy atom. The number of nitrogens with zero attached hydrogens (tertiary/aromatic N) is 3. The molecular formula is C28H33Cl2N3O3S. The quantitative estimate of drug-likeness (QED) is 0.286. The second-order valence-electron chi connectivity index (χ2n) is 9.98. The number of benzene rings is 2. The topological polar surface area (TPSA) is 53.1 Å². The van der Waals surface area contributed by atoms with Crippen molar-refractivity contribution in [1.29, 1.82) is 0 Å². The molecule has 3 aliphatic rings. The Hall–Kier alpha value is -1.93. The van der Waals surface area contributed by atoms with Crippen LogP contribution in [0.2, 0.25) is 10.0 Å². The Morgan fingerprint density at radius 3 is 2.51 bits per heavy atom. The summed E-state index contributed by atoms with van der Waals surface area (Å²) < 4.78 is 4.70. The number of amides is 1. The number of unbranched alkanes of at least 4 members (excludes halogenated alkanes) is 1. The molecule has 2 aliphatic heterocycles. The molecule has 0 spiro atoms. The predicted octanol–water partition coefficient (Wildman–Crippen LogP) is 5.77. The number of hydrogen-bond donors (Lipinski definition) is 0. The molecular weight excluding hydrogens is 529 g/mol. The van der Waals surface area contributed by atoms with E-state index >= 15 is 0 Å². The molecule has 2 heterocycles. The van der Waals surface area contributed by atoms with Crippen molar-refractivity contribution < 1.29 is 14.3 Å². The lowest BCUT2D eigenvalue weighted by Crippen LogP contribution is -2.52. The van der Waals surface area contributed by atoms with Gasteiger partial charge in [-0.15, -0.1) is 11.8 Å². The highest BCUT2D eigenvalue weighted by Crippen LogP contribution is 2.41. The Balaban J connectivity index is 1.25. The molecule has 5 rings (SSSR count). The third kappa shape index (κ3) is 6.06. The van der Waals surface area contributed by atoms with E-state index in [1.807, 2.05) is 23.1 Å². The Morgan fingerprint density at radius 1 is 1.03 bits per heavy atom. The van der Waals surface area contributed by atoms with Gasteiger partial charge in [-0.3, -0.25) is 14.5 Å². The Labute approximate surface area is 233 Å². The molecule has 198 valence electrons. The van der Waals surface area contributed by atoms with E-state index in [1.165, 1.54) is 25.6 Å². The van der Waals surface area contributed by atoms with Gasteiger partial charge in [-0.2, -0.15) is 0 Å². The van der Waals surface area contributed by atoms with Crippen LogP contribution in [0.15, 0.2) is 36.4 Å². The summed E-state index contributed by atoms with van der Waals surface area (Å²) in [5.41, 5.74) is 4.12. The van der Waals surface area contributed by atoms with Gasteiger partial charge < -0.3 is 14.5 Å². The molecule has 9 heteroatoms. The van der Waals surface area contributed by atoms with Gasteiger partial charge in [-0.1, -0.05) is 35.3 Å². The van der Waals surface area contributed by atoms with Crippen molar-refractivity contribution in [1.82, 2.24) is 4.90 Å². The maximum absolute atomic E-state index is 13.8. The lowest BCUT2D eigenvalue weighted by molar-refractivity contribution is -0.140. The van der Waals surface area contributed by atoms with Crippen LogP contribution in [-0.2, 0) is 27.3 Å². The van der Waals surface area contributed by atoms with Crippen LogP contribution in [-0.4, -0.2) is 60.7 Å². The van der Waals surface area contributed by atoms with Crippen LogP contribution in [0.1, 0.15) is 43.2 Å². The molecule has 6 nitrogen and oxygen atoms in total. The third-order valence-corrected chi connectivity index (χ3v) is 9.22. The number of rotatable bonds is 9. The number of ether oxygens (including phenoxy) is 1. The highest BCUT2D eigenvalue weighted by atomic mass is 35.5. The molecule has 1 amide bonds. The van der Waals surface area contributed by atoms with Crippen LogP contribution < -0.4 is 9.80 Å². The van der Waals surface area contributed by atoms with Gasteiger partial charge in [0, 0.05) is 53.8 Å². The molecule has 1 aliphatic carbocycles. The van der Waals surface area contributed by atoms with Crippen molar-refractivity contribution in [3.05, 3.63) is 57.6 Å². The summed E-state index contributed by atoms with van der Waals surface area (Å²) >= 11 is 15.1. The van der Waals surface area contributed by atoms with Gasteiger partial charge >= 0.3 is 5.97 Å². The van der Waals surface area contributed by atoms with Crippen LogP contribution in [0.4, 0.5) is 11.4 Å². The molecule has 1 saturated carbocycles. The predicted molar refractivity (Wildman–Crippen MR) is 152 cm³/mol. The van der Waals surface area contributed by atoms with Crippen molar-refractivity contribution in [2.75, 3.05) is 41.6 Å². The van der Waals surface area contributed by atoms with Gasteiger partial charge in [0.1, 0.15) is 0 Å². The molecule has 0 N–H and O–H groups in total. The highest BCUT2D eigenvalue weighted by Gasteiger charge is 2.39.